The predicted octanol–water partition coefficient (Wildman–Crippen LogP) is -0.963. The second kappa shape index (κ2) is 7.07. The fourth-order valence-corrected chi connectivity index (χ4v) is 7.29. The Morgan fingerprint density at radius 1 is 1.29 bits per heavy atom. The average Bonchev–Trinajstić information content (AvgIpc) is 2.88. The van der Waals surface area contributed by atoms with E-state index >= 15 is 0 Å². The van der Waals surface area contributed by atoms with Crippen LogP contribution >= 0.6 is 0 Å². The summed E-state index contributed by atoms with van der Waals surface area (Å²) in [4.78, 5) is 35.7. The van der Waals surface area contributed by atoms with E-state index < -0.39 is 52.9 Å². The van der Waals surface area contributed by atoms with Gasteiger partial charge in [0.05, 0.1) is 12.2 Å². The summed E-state index contributed by atoms with van der Waals surface area (Å²) in [5, 5.41) is 54.5. The van der Waals surface area contributed by atoms with Crippen molar-refractivity contribution in [3.05, 3.63) is 23.8 Å². The molecule has 0 heterocycles. The number of carbonyl (C=O) groups excluding carboxylic acids is 3. The molecule has 0 radical (unpaired) electrons. The molecule has 0 spiro atoms. The highest BCUT2D eigenvalue weighted by Crippen LogP contribution is 2.67. The Kier molecular flexibility index (Phi) is 5.09. The van der Waals surface area contributed by atoms with Crippen LogP contribution in [-0.2, 0) is 14.4 Å². The Morgan fingerprint density at radius 2 is 1.97 bits per heavy atom. The van der Waals surface area contributed by atoms with Gasteiger partial charge in [-0.15, -0.1) is 0 Å². The molecule has 0 aromatic rings. The van der Waals surface area contributed by atoms with Crippen LogP contribution in [0.2, 0.25) is 0 Å². The maximum Gasteiger partial charge on any atom is 0.196 e. The normalized spacial score (nSPS) is 47.1. The van der Waals surface area contributed by atoms with Crippen molar-refractivity contribution in [3.8, 4) is 0 Å². The van der Waals surface area contributed by atoms with Gasteiger partial charge in [-0.3, -0.25) is 9.59 Å². The first-order valence-electron chi connectivity index (χ1n) is 10.8. The number of hydrogen-bond donors (Lipinski definition) is 4. The van der Waals surface area contributed by atoms with Crippen LogP contribution in [0.4, 0.5) is 0 Å². The monoisotopic (exact) mass is 433 g/mol. The summed E-state index contributed by atoms with van der Waals surface area (Å²) < 4.78 is 0. The summed E-state index contributed by atoms with van der Waals surface area (Å²) in [6, 6.07) is 0. The number of fused-ring (bicyclic) bond motifs is 5. The van der Waals surface area contributed by atoms with Crippen LogP contribution in [-0.4, -0.2) is 61.9 Å². The van der Waals surface area contributed by atoms with Crippen LogP contribution in [0.5, 0.6) is 0 Å². The average molecular weight is 433 g/mol. The van der Waals surface area contributed by atoms with Gasteiger partial charge in [0.1, 0.15) is 6.10 Å². The van der Waals surface area contributed by atoms with Gasteiger partial charge in [0.15, 0.2) is 17.2 Å². The minimum Gasteiger partial charge on any atom is -0.550 e. The number of aliphatic hydroxyl groups is 4. The van der Waals surface area contributed by atoms with Crippen molar-refractivity contribution in [2.24, 2.45) is 28.6 Å². The largest absolute Gasteiger partial charge is 0.550 e. The molecule has 0 aliphatic heterocycles. The quantitative estimate of drug-likeness (QED) is 0.442. The van der Waals surface area contributed by atoms with Crippen molar-refractivity contribution in [3.63, 3.8) is 0 Å². The van der Waals surface area contributed by atoms with Crippen molar-refractivity contribution in [2.45, 2.75) is 69.9 Å². The summed E-state index contributed by atoms with van der Waals surface area (Å²) in [5.41, 5.74) is -3.21. The Hall–Kier alpha value is -1.87. The topological polar surface area (TPSA) is 155 Å². The standard InChI is InChI=1S/C23H30O8/c1-21-6-5-12(24)7-11(21)3-4-13-14-8-17(27)23(31,20(30)15(25)9-18(28)29)22(14,2)10-16(26)19(13)21/h5-7,13-17,19,25-27,31H,3-4,8-10H2,1-2H3,(H,28,29)/p-1/t13-,14-,15?,16-,17+,19+,21-,22-,23-/m0/s1. The molecule has 0 saturated heterocycles. The number of aliphatic hydroxyl groups excluding tert-OH is 3. The van der Waals surface area contributed by atoms with Gasteiger partial charge in [0, 0.05) is 29.1 Å². The Morgan fingerprint density at radius 3 is 2.61 bits per heavy atom. The first-order valence-corrected chi connectivity index (χ1v) is 10.8. The molecule has 4 N–H and O–H groups in total. The summed E-state index contributed by atoms with van der Waals surface area (Å²) in [6.45, 7) is 3.61. The summed E-state index contributed by atoms with van der Waals surface area (Å²) in [6.07, 6.45) is 0.901. The summed E-state index contributed by atoms with van der Waals surface area (Å²) in [5.74, 6) is -3.59. The van der Waals surface area contributed by atoms with Gasteiger partial charge >= 0.3 is 0 Å². The van der Waals surface area contributed by atoms with Crippen LogP contribution in [0.3, 0.4) is 0 Å². The maximum absolute atomic E-state index is 13.0. The molecular formula is C23H29O8-. The predicted molar refractivity (Wildman–Crippen MR) is 105 cm³/mol. The van der Waals surface area contributed by atoms with E-state index in [-0.39, 0.29) is 36.4 Å². The van der Waals surface area contributed by atoms with Gasteiger partial charge in [-0.25, -0.2) is 0 Å². The van der Waals surface area contributed by atoms with Gasteiger partial charge in [-0.2, -0.15) is 0 Å². The minimum absolute atomic E-state index is 0.000825. The van der Waals surface area contributed by atoms with E-state index in [2.05, 4.69) is 0 Å². The molecule has 9 atom stereocenters. The number of allylic oxidation sites excluding steroid dienone is 4. The van der Waals surface area contributed by atoms with Gasteiger partial charge in [0.25, 0.3) is 0 Å². The molecule has 0 amide bonds. The molecule has 0 bridgehead atoms. The van der Waals surface area contributed by atoms with Gasteiger partial charge in [0.2, 0.25) is 0 Å². The van der Waals surface area contributed by atoms with E-state index in [4.69, 9.17) is 0 Å². The van der Waals surface area contributed by atoms with Gasteiger partial charge in [-0.1, -0.05) is 25.5 Å². The van der Waals surface area contributed by atoms with Crippen LogP contribution < -0.4 is 5.11 Å². The van der Waals surface area contributed by atoms with Crippen LogP contribution in [0.1, 0.15) is 46.0 Å². The number of Topliss-reactive ketones (excluding diaryl/α,β-unsaturated/α-hetero) is 1. The number of hydrogen-bond acceptors (Lipinski definition) is 8. The molecule has 4 rings (SSSR count). The van der Waals surface area contributed by atoms with Crippen molar-refractivity contribution in [2.75, 3.05) is 0 Å². The molecule has 3 saturated carbocycles. The molecule has 8 heteroatoms. The molecule has 0 aromatic heterocycles. The van der Waals surface area contributed by atoms with Crippen LogP contribution in [0.25, 0.3) is 0 Å². The van der Waals surface area contributed by atoms with Crippen molar-refractivity contribution in [1.29, 1.82) is 0 Å². The SMILES string of the molecule is C[C@]12C=CC(=O)C=C1CC[C@@H]1[C@@H]2[C@@H](O)C[C@@]2(C)[C@H]1C[C@@H](O)[C@]2(O)C(=O)C(O)CC(=O)[O-]. The number of rotatable bonds is 4. The molecule has 8 nitrogen and oxygen atoms in total. The van der Waals surface area contributed by atoms with Crippen LogP contribution in [0.15, 0.2) is 23.8 Å². The third-order valence-corrected chi connectivity index (χ3v) is 8.75. The van der Waals surface area contributed by atoms with E-state index in [1.807, 2.05) is 13.0 Å². The van der Waals surface area contributed by atoms with E-state index in [0.29, 0.717) is 12.8 Å². The highest BCUT2D eigenvalue weighted by molar-refractivity contribution is 6.01. The van der Waals surface area contributed by atoms with Gasteiger partial charge in [-0.05, 0) is 49.7 Å². The van der Waals surface area contributed by atoms with E-state index in [1.165, 1.54) is 6.08 Å². The molecular weight excluding hydrogens is 404 g/mol. The number of ketones is 2. The number of carboxylic acids is 1. The third kappa shape index (κ3) is 2.92. The highest BCUT2D eigenvalue weighted by Gasteiger charge is 2.72. The third-order valence-electron chi connectivity index (χ3n) is 8.75. The molecule has 1 unspecified atom stereocenters. The molecule has 170 valence electrons. The van der Waals surface area contributed by atoms with Crippen molar-refractivity contribution >= 4 is 17.5 Å². The smallest absolute Gasteiger partial charge is 0.196 e. The lowest BCUT2D eigenvalue weighted by atomic mass is 9.46. The Labute approximate surface area is 180 Å². The second-order valence-corrected chi connectivity index (χ2v) is 10.2. The van der Waals surface area contributed by atoms with Crippen molar-refractivity contribution in [1.82, 2.24) is 0 Å². The Bertz CT molecular complexity index is 892. The fraction of sp³-hybridized carbons (Fsp3) is 0.696. The number of carbonyl (C=O) groups is 3. The van der Waals surface area contributed by atoms with E-state index in [0.717, 1.165) is 5.57 Å². The molecule has 4 aliphatic rings. The zero-order chi connectivity index (χ0) is 22.9. The zero-order valence-electron chi connectivity index (χ0n) is 17.7. The minimum atomic E-state index is -2.38. The second-order valence-electron chi connectivity index (χ2n) is 10.2. The van der Waals surface area contributed by atoms with Gasteiger partial charge < -0.3 is 30.3 Å². The highest BCUT2D eigenvalue weighted by atomic mass is 16.4. The maximum atomic E-state index is 13.0. The first-order chi connectivity index (χ1) is 14.4. The summed E-state index contributed by atoms with van der Waals surface area (Å²) in [7, 11) is 0. The fourth-order valence-electron chi connectivity index (χ4n) is 7.29. The lowest BCUT2D eigenvalue weighted by Gasteiger charge is -2.59. The Balaban J connectivity index is 1.72. The van der Waals surface area contributed by atoms with E-state index in [9.17, 15) is 39.9 Å². The molecule has 4 aliphatic carbocycles. The van der Waals surface area contributed by atoms with Crippen molar-refractivity contribution < 1.29 is 39.9 Å². The van der Waals surface area contributed by atoms with E-state index in [1.54, 1.807) is 13.0 Å². The summed E-state index contributed by atoms with van der Waals surface area (Å²) >= 11 is 0. The zero-order valence-corrected chi connectivity index (χ0v) is 17.7. The number of carboxylic acid groups (broad SMARTS) is 1. The molecule has 3 fully saturated rings. The lowest BCUT2D eigenvalue weighted by molar-refractivity contribution is -0.307. The van der Waals surface area contributed by atoms with Crippen LogP contribution in [0, 0.1) is 28.6 Å². The number of aliphatic carboxylic acids is 1. The molecule has 31 heavy (non-hydrogen) atoms. The first kappa shape index (κ1) is 22.3. The lowest BCUT2D eigenvalue weighted by Crippen LogP contribution is -2.65. The molecule has 0 aromatic carbocycles.